The van der Waals surface area contributed by atoms with Crippen LogP contribution in [0, 0.1) is 0 Å². The van der Waals surface area contributed by atoms with Gasteiger partial charge in [0.2, 0.25) is 0 Å². The standard InChI is InChI=1S/C20H18BrF3N4O2/c1-11-18-13-7-6-12(21)10-14(13)15(8-9-28(18)27-26-11)25-16-4-2-3-5-17(16)30-19(29)20(22,23)24/h2-7,10-11,15,18,25H,8-9H2,1H3. The number of carbonyl (C=O) groups excluding carboxylic acids is 1. The van der Waals surface area contributed by atoms with Gasteiger partial charge in [-0.25, -0.2) is 4.79 Å². The van der Waals surface area contributed by atoms with Crippen molar-refractivity contribution in [1.82, 2.24) is 5.01 Å². The predicted octanol–water partition coefficient (Wildman–Crippen LogP) is 5.59. The molecule has 3 atom stereocenters. The number of nitrogens with zero attached hydrogens (tertiary/aromatic N) is 3. The molecule has 2 heterocycles. The van der Waals surface area contributed by atoms with Crippen molar-refractivity contribution in [3.8, 4) is 5.75 Å². The highest BCUT2D eigenvalue weighted by Gasteiger charge is 2.42. The Kier molecular flexibility index (Phi) is 5.44. The Morgan fingerprint density at radius 3 is 2.77 bits per heavy atom. The maximum Gasteiger partial charge on any atom is 0.491 e. The van der Waals surface area contributed by atoms with E-state index in [0.29, 0.717) is 18.7 Å². The number of carbonyl (C=O) groups is 1. The zero-order chi connectivity index (χ0) is 21.5. The summed E-state index contributed by atoms with van der Waals surface area (Å²) in [6.07, 6.45) is -4.44. The van der Waals surface area contributed by atoms with Gasteiger partial charge < -0.3 is 10.1 Å². The Morgan fingerprint density at radius 2 is 2.00 bits per heavy atom. The van der Waals surface area contributed by atoms with Gasteiger partial charge in [0, 0.05) is 11.0 Å². The molecule has 6 nitrogen and oxygen atoms in total. The average molecular weight is 483 g/mol. The largest absolute Gasteiger partial charge is 0.491 e. The highest BCUT2D eigenvalue weighted by Crippen LogP contribution is 2.42. The first kappa shape index (κ1) is 20.6. The second-order valence-corrected chi connectivity index (χ2v) is 8.11. The zero-order valence-corrected chi connectivity index (χ0v) is 17.4. The molecule has 0 aromatic heterocycles. The van der Waals surface area contributed by atoms with Crippen LogP contribution in [0.25, 0.3) is 0 Å². The SMILES string of the molecule is CC1N=NN2CCC(Nc3ccccc3OC(=O)C(F)(F)F)c3cc(Br)ccc3C12. The molecular weight excluding hydrogens is 465 g/mol. The van der Waals surface area contributed by atoms with E-state index in [-0.39, 0.29) is 23.9 Å². The third kappa shape index (κ3) is 4.00. The number of hydrogen-bond acceptors (Lipinski definition) is 6. The minimum Gasteiger partial charge on any atom is -0.418 e. The van der Waals surface area contributed by atoms with Crippen molar-refractivity contribution in [1.29, 1.82) is 0 Å². The van der Waals surface area contributed by atoms with Gasteiger partial charge in [0.1, 0.15) is 0 Å². The van der Waals surface area contributed by atoms with Crippen LogP contribution < -0.4 is 10.1 Å². The molecule has 0 spiro atoms. The van der Waals surface area contributed by atoms with Crippen molar-refractivity contribution < 1.29 is 22.7 Å². The van der Waals surface area contributed by atoms with Gasteiger partial charge in [0.05, 0.1) is 23.8 Å². The normalized spacial score (nSPS) is 22.8. The lowest BCUT2D eigenvalue weighted by atomic mass is 9.92. The summed E-state index contributed by atoms with van der Waals surface area (Å²) in [6, 6.07) is 11.8. The fraction of sp³-hybridized carbons (Fsp3) is 0.350. The maximum atomic E-state index is 12.7. The number of hydrogen-bond donors (Lipinski definition) is 1. The van der Waals surface area contributed by atoms with E-state index in [0.717, 1.165) is 15.6 Å². The highest BCUT2D eigenvalue weighted by molar-refractivity contribution is 9.10. The summed E-state index contributed by atoms with van der Waals surface area (Å²) >= 11 is 3.50. The van der Waals surface area contributed by atoms with E-state index >= 15 is 0 Å². The minimum atomic E-state index is -5.07. The first-order valence-corrected chi connectivity index (χ1v) is 10.1. The van der Waals surface area contributed by atoms with Gasteiger partial charge in [0.25, 0.3) is 0 Å². The number of ether oxygens (including phenoxy) is 1. The van der Waals surface area contributed by atoms with E-state index in [1.807, 2.05) is 30.1 Å². The van der Waals surface area contributed by atoms with Crippen molar-refractivity contribution in [3.05, 3.63) is 58.1 Å². The smallest absolute Gasteiger partial charge is 0.418 e. The van der Waals surface area contributed by atoms with Crippen molar-refractivity contribution in [2.45, 2.75) is 37.6 Å². The fourth-order valence-corrected chi connectivity index (χ4v) is 4.20. The van der Waals surface area contributed by atoms with Crippen molar-refractivity contribution in [2.75, 3.05) is 11.9 Å². The average Bonchev–Trinajstić information content (AvgIpc) is 2.98. The van der Waals surface area contributed by atoms with Crippen LogP contribution in [0.1, 0.15) is 36.6 Å². The molecule has 0 saturated heterocycles. The molecule has 3 unspecified atom stereocenters. The molecule has 0 aliphatic carbocycles. The second kappa shape index (κ2) is 7.90. The molecule has 2 aromatic rings. The predicted molar refractivity (Wildman–Crippen MR) is 107 cm³/mol. The van der Waals surface area contributed by atoms with Crippen LogP contribution in [0.2, 0.25) is 0 Å². The molecule has 0 saturated carbocycles. The molecule has 4 rings (SSSR count). The lowest BCUT2D eigenvalue weighted by molar-refractivity contribution is -0.189. The number of rotatable bonds is 3. The Hall–Kier alpha value is -2.62. The Labute approximate surface area is 179 Å². The van der Waals surface area contributed by atoms with Gasteiger partial charge in [-0.2, -0.15) is 18.3 Å². The molecule has 2 aliphatic heterocycles. The summed E-state index contributed by atoms with van der Waals surface area (Å²) in [5.74, 6) is -2.43. The van der Waals surface area contributed by atoms with E-state index < -0.39 is 12.1 Å². The number of halogens is 4. The molecule has 10 heteroatoms. The van der Waals surface area contributed by atoms with Crippen LogP contribution in [0.5, 0.6) is 5.75 Å². The zero-order valence-electron chi connectivity index (χ0n) is 15.9. The van der Waals surface area contributed by atoms with E-state index in [1.54, 1.807) is 12.1 Å². The number of alkyl halides is 3. The molecule has 1 N–H and O–H groups in total. The van der Waals surface area contributed by atoms with Gasteiger partial charge >= 0.3 is 12.1 Å². The Balaban J connectivity index is 1.67. The number of benzene rings is 2. The van der Waals surface area contributed by atoms with Gasteiger partial charge in [-0.05, 0) is 48.7 Å². The molecule has 2 aliphatic rings. The van der Waals surface area contributed by atoms with Gasteiger partial charge in [0.15, 0.2) is 5.75 Å². The van der Waals surface area contributed by atoms with Gasteiger partial charge in [-0.1, -0.05) is 39.4 Å². The van der Waals surface area contributed by atoms with Crippen LogP contribution in [-0.4, -0.2) is 29.7 Å². The second-order valence-electron chi connectivity index (χ2n) is 7.20. The number of para-hydroxylation sites is 2. The molecule has 158 valence electrons. The first-order valence-electron chi connectivity index (χ1n) is 9.35. The molecule has 2 aromatic carbocycles. The third-order valence-corrected chi connectivity index (χ3v) is 5.66. The summed E-state index contributed by atoms with van der Waals surface area (Å²) in [5.41, 5.74) is 2.35. The van der Waals surface area contributed by atoms with Gasteiger partial charge in [-0.15, -0.1) is 0 Å². The summed E-state index contributed by atoms with van der Waals surface area (Å²) in [7, 11) is 0. The van der Waals surface area contributed by atoms with Crippen molar-refractivity contribution >= 4 is 27.6 Å². The summed E-state index contributed by atoms with van der Waals surface area (Å²) in [6.45, 7) is 2.62. The van der Waals surface area contributed by atoms with Crippen molar-refractivity contribution in [2.24, 2.45) is 10.3 Å². The van der Waals surface area contributed by atoms with Crippen LogP contribution in [-0.2, 0) is 4.79 Å². The monoisotopic (exact) mass is 482 g/mol. The van der Waals surface area contributed by atoms with E-state index in [4.69, 9.17) is 0 Å². The maximum absolute atomic E-state index is 12.7. The van der Waals surface area contributed by atoms with Gasteiger partial charge in [-0.3, -0.25) is 5.01 Å². The van der Waals surface area contributed by atoms with Crippen molar-refractivity contribution in [3.63, 3.8) is 0 Å². The highest BCUT2D eigenvalue weighted by atomic mass is 79.9. The third-order valence-electron chi connectivity index (χ3n) is 5.17. The molecule has 0 amide bonds. The number of fused-ring (bicyclic) bond motifs is 3. The Morgan fingerprint density at radius 1 is 1.23 bits per heavy atom. The first-order chi connectivity index (χ1) is 14.2. The fourth-order valence-electron chi connectivity index (χ4n) is 3.82. The van der Waals surface area contributed by atoms with E-state index in [1.165, 1.54) is 12.1 Å². The number of anilines is 1. The van der Waals surface area contributed by atoms with Crippen LogP contribution in [0.3, 0.4) is 0 Å². The Bertz CT molecular complexity index is 998. The van der Waals surface area contributed by atoms with Crippen LogP contribution >= 0.6 is 15.9 Å². The number of esters is 1. The van der Waals surface area contributed by atoms with E-state index in [2.05, 4.69) is 36.3 Å². The lowest BCUT2D eigenvalue weighted by Crippen LogP contribution is -2.28. The molecule has 0 fully saturated rings. The lowest BCUT2D eigenvalue weighted by Gasteiger charge is -2.24. The van der Waals surface area contributed by atoms with Crippen LogP contribution in [0.4, 0.5) is 18.9 Å². The molecule has 30 heavy (non-hydrogen) atoms. The number of nitrogens with one attached hydrogen (secondary N) is 1. The quantitative estimate of drug-likeness (QED) is 0.457. The van der Waals surface area contributed by atoms with E-state index in [9.17, 15) is 18.0 Å². The molecular formula is C20H18BrF3N4O2. The summed E-state index contributed by atoms with van der Waals surface area (Å²) in [5, 5.41) is 13.8. The molecule has 0 bridgehead atoms. The molecule has 0 radical (unpaired) electrons. The topological polar surface area (TPSA) is 66.3 Å². The minimum absolute atomic E-state index is 0.00167. The summed E-state index contributed by atoms with van der Waals surface area (Å²) < 4.78 is 43.5. The summed E-state index contributed by atoms with van der Waals surface area (Å²) in [4.78, 5) is 11.3. The van der Waals surface area contributed by atoms with Crippen LogP contribution in [0.15, 0.2) is 57.3 Å².